The molecule has 1 amide bonds. The van der Waals surface area contributed by atoms with E-state index in [4.69, 9.17) is 13.9 Å². The molecule has 1 aromatic heterocycles. The maximum atomic E-state index is 12.4. The summed E-state index contributed by atoms with van der Waals surface area (Å²) in [5.41, 5.74) is 0.576. The van der Waals surface area contributed by atoms with Crippen LogP contribution >= 0.6 is 0 Å². The second-order valence-corrected chi connectivity index (χ2v) is 9.26. The first kappa shape index (κ1) is 24.7. The first-order valence-corrected chi connectivity index (χ1v) is 12.3. The molecule has 0 bridgehead atoms. The molecule has 0 fully saturated rings. The molecule has 0 unspecified atom stereocenters. The van der Waals surface area contributed by atoms with Crippen LogP contribution in [-0.4, -0.2) is 26.9 Å². The van der Waals surface area contributed by atoms with Crippen molar-refractivity contribution < 1.29 is 31.9 Å². The van der Waals surface area contributed by atoms with E-state index in [-0.39, 0.29) is 17.0 Å². The number of hydrogen-bond acceptors (Lipinski definition) is 7. The van der Waals surface area contributed by atoms with E-state index in [2.05, 4.69) is 10.0 Å². The van der Waals surface area contributed by atoms with Gasteiger partial charge in [-0.15, -0.1) is 0 Å². The minimum Gasteiger partial charge on any atom is -0.468 e. The molecular formula is C26H22N2O7S. The lowest BCUT2D eigenvalue weighted by atomic mass is 10.2. The number of nitrogens with one attached hydrogen (secondary N) is 2. The molecule has 0 spiro atoms. The molecule has 10 heteroatoms. The summed E-state index contributed by atoms with van der Waals surface area (Å²) in [5, 5.41) is 2.64. The van der Waals surface area contributed by atoms with Crippen LogP contribution in [-0.2, 0) is 26.1 Å². The molecule has 0 aliphatic carbocycles. The van der Waals surface area contributed by atoms with Gasteiger partial charge in [0.15, 0.2) is 6.61 Å². The molecular weight excluding hydrogens is 484 g/mol. The summed E-state index contributed by atoms with van der Waals surface area (Å²) in [7, 11) is -3.80. The number of rotatable bonds is 10. The van der Waals surface area contributed by atoms with Crippen molar-refractivity contribution in [3.63, 3.8) is 0 Å². The van der Waals surface area contributed by atoms with Crippen molar-refractivity contribution in [1.82, 2.24) is 4.72 Å². The van der Waals surface area contributed by atoms with Crippen LogP contribution < -0.4 is 14.8 Å². The van der Waals surface area contributed by atoms with E-state index in [0.29, 0.717) is 22.9 Å². The zero-order valence-electron chi connectivity index (χ0n) is 18.9. The fraction of sp³-hybridized carbons (Fsp3) is 0.0769. The van der Waals surface area contributed by atoms with E-state index in [9.17, 15) is 18.0 Å². The molecule has 0 saturated heterocycles. The molecule has 36 heavy (non-hydrogen) atoms. The lowest BCUT2D eigenvalue weighted by Crippen LogP contribution is -2.23. The van der Waals surface area contributed by atoms with Gasteiger partial charge < -0.3 is 19.2 Å². The molecule has 9 nitrogen and oxygen atoms in total. The number of sulfonamides is 1. The first-order valence-electron chi connectivity index (χ1n) is 10.8. The van der Waals surface area contributed by atoms with Crippen LogP contribution in [0.2, 0.25) is 0 Å². The van der Waals surface area contributed by atoms with Crippen molar-refractivity contribution in [2.24, 2.45) is 0 Å². The third kappa shape index (κ3) is 6.81. The van der Waals surface area contributed by atoms with Gasteiger partial charge in [0.25, 0.3) is 5.91 Å². The zero-order chi connectivity index (χ0) is 25.4. The zero-order valence-corrected chi connectivity index (χ0v) is 19.7. The Morgan fingerprint density at radius 2 is 1.58 bits per heavy atom. The largest absolute Gasteiger partial charge is 0.468 e. The highest BCUT2D eigenvalue weighted by Gasteiger charge is 2.16. The molecule has 0 aliphatic rings. The lowest BCUT2D eigenvalue weighted by molar-refractivity contribution is -0.119. The summed E-state index contributed by atoms with van der Waals surface area (Å²) in [6, 6.07) is 24.5. The van der Waals surface area contributed by atoms with Gasteiger partial charge in [0.05, 0.1) is 23.3 Å². The van der Waals surface area contributed by atoms with Crippen LogP contribution in [0.15, 0.2) is 107 Å². The Morgan fingerprint density at radius 3 is 2.31 bits per heavy atom. The summed E-state index contributed by atoms with van der Waals surface area (Å²) in [5.74, 6) is 0.347. The average Bonchev–Trinajstić information content (AvgIpc) is 3.41. The van der Waals surface area contributed by atoms with E-state index in [0.717, 1.165) is 0 Å². The number of ether oxygens (including phenoxy) is 2. The summed E-state index contributed by atoms with van der Waals surface area (Å²) in [6.45, 7) is -0.525. The van der Waals surface area contributed by atoms with E-state index in [1.807, 2.05) is 30.3 Å². The van der Waals surface area contributed by atoms with Gasteiger partial charge in [-0.3, -0.25) is 4.79 Å². The summed E-state index contributed by atoms with van der Waals surface area (Å²) in [6.07, 6.45) is 1.45. The molecule has 0 atom stereocenters. The maximum absolute atomic E-state index is 12.4. The SMILES string of the molecule is O=C(COC(=O)c1ccc(S(=O)(=O)NCc2ccco2)cc1)Nc1cccc(Oc2ccccc2)c1. The number of carbonyl (C=O) groups excluding carboxylic acids is 2. The van der Waals surface area contributed by atoms with Crippen LogP contribution in [0, 0.1) is 0 Å². The number of esters is 1. The molecule has 0 aliphatic heterocycles. The van der Waals surface area contributed by atoms with Crippen LogP contribution in [0.4, 0.5) is 5.69 Å². The molecule has 2 N–H and O–H groups in total. The topological polar surface area (TPSA) is 124 Å². The van der Waals surface area contributed by atoms with Gasteiger partial charge in [0, 0.05) is 11.8 Å². The number of carbonyl (C=O) groups is 2. The van der Waals surface area contributed by atoms with Gasteiger partial charge in [0.1, 0.15) is 17.3 Å². The predicted molar refractivity (Wildman–Crippen MR) is 131 cm³/mol. The Balaban J connectivity index is 1.28. The molecule has 4 rings (SSSR count). The summed E-state index contributed by atoms with van der Waals surface area (Å²) < 4.78 is 43.1. The average molecular weight is 507 g/mol. The number of furan rings is 1. The highest BCUT2D eigenvalue weighted by molar-refractivity contribution is 7.89. The Kier molecular flexibility index (Phi) is 7.79. The van der Waals surface area contributed by atoms with Gasteiger partial charge in [0.2, 0.25) is 10.0 Å². The van der Waals surface area contributed by atoms with Gasteiger partial charge >= 0.3 is 5.97 Å². The normalized spacial score (nSPS) is 11.0. The van der Waals surface area contributed by atoms with Crippen molar-refractivity contribution in [3.8, 4) is 11.5 Å². The predicted octanol–water partition coefficient (Wildman–Crippen LogP) is 4.35. The van der Waals surface area contributed by atoms with Gasteiger partial charge in [-0.1, -0.05) is 24.3 Å². The lowest BCUT2D eigenvalue weighted by Gasteiger charge is -2.10. The molecule has 4 aromatic rings. The smallest absolute Gasteiger partial charge is 0.338 e. The number of amides is 1. The molecule has 0 radical (unpaired) electrons. The minimum atomic E-state index is -3.80. The van der Waals surface area contributed by atoms with Gasteiger partial charge in [-0.05, 0) is 60.7 Å². The Labute approximate surface area is 207 Å². The minimum absolute atomic E-state index is 0.00444. The number of para-hydroxylation sites is 1. The Bertz CT molecular complexity index is 1420. The second kappa shape index (κ2) is 11.3. The van der Waals surface area contributed by atoms with Gasteiger partial charge in [-0.2, -0.15) is 0 Å². The van der Waals surface area contributed by atoms with Crippen molar-refractivity contribution >= 4 is 27.6 Å². The highest BCUT2D eigenvalue weighted by Crippen LogP contribution is 2.23. The monoisotopic (exact) mass is 506 g/mol. The number of benzene rings is 3. The standard InChI is InChI=1S/C26H22N2O7S/c29-25(28-20-6-4-9-22(16-20)35-21-7-2-1-3-8-21)18-34-26(30)19-11-13-24(14-12-19)36(31,32)27-17-23-10-5-15-33-23/h1-16,27H,17-18H2,(H,28,29). The van der Waals surface area contributed by atoms with E-state index in [1.54, 1.807) is 36.4 Å². The molecule has 3 aromatic carbocycles. The molecule has 0 saturated carbocycles. The van der Waals surface area contributed by atoms with Crippen molar-refractivity contribution in [2.45, 2.75) is 11.4 Å². The summed E-state index contributed by atoms with van der Waals surface area (Å²) in [4.78, 5) is 24.5. The highest BCUT2D eigenvalue weighted by atomic mass is 32.2. The van der Waals surface area contributed by atoms with Gasteiger partial charge in [-0.25, -0.2) is 17.9 Å². The van der Waals surface area contributed by atoms with Crippen LogP contribution in [0.5, 0.6) is 11.5 Å². The van der Waals surface area contributed by atoms with Crippen LogP contribution in [0.25, 0.3) is 0 Å². The van der Waals surface area contributed by atoms with Crippen LogP contribution in [0.3, 0.4) is 0 Å². The number of hydrogen-bond donors (Lipinski definition) is 2. The second-order valence-electron chi connectivity index (χ2n) is 7.50. The Hall–Kier alpha value is -4.41. The third-order valence-corrected chi connectivity index (χ3v) is 6.27. The van der Waals surface area contributed by atoms with Crippen molar-refractivity contribution in [1.29, 1.82) is 0 Å². The summed E-state index contributed by atoms with van der Waals surface area (Å²) >= 11 is 0. The fourth-order valence-electron chi connectivity index (χ4n) is 3.11. The molecule has 184 valence electrons. The number of anilines is 1. The quantitative estimate of drug-likeness (QED) is 0.307. The first-order chi connectivity index (χ1) is 17.4. The van der Waals surface area contributed by atoms with Crippen molar-refractivity contribution in [3.05, 3.63) is 109 Å². The maximum Gasteiger partial charge on any atom is 0.338 e. The fourth-order valence-corrected chi connectivity index (χ4v) is 4.10. The third-order valence-electron chi connectivity index (χ3n) is 4.85. The molecule has 1 heterocycles. The van der Waals surface area contributed by atoms with Crippen LogP contribution in [0.1, 0.15) is 16.1 Å². The van der Waals surface area contributed by atoms with Crippen molar-refractivity contribution in [2.75, 3.05) is 11.9 Å². The Morgan fingerprint density at radius 1 is 0.833 bits per heavy atom. The van der Waals surface area contributed by atoms with E-state index < -0.39 is 28.5 Å². The van der Waals surface area contributed by atoms with E-state index in [1.165, 1.54) is 30.5 Å². The van der Waals surface area contributed by atoms with E-state index >= 15 is 0 Å².